The fourth-order valence-corrected chi connectivity index (χ4v) is 1.11. The molecule has 0 bridgehead atoms. The summed E-state index contributed by atoms with van der Waals surface area (Å²) in [6.45, 7) is 9.82. The first-order valence-corrected chi connectivity index (χ1v) is 4.14. The third-order valence-corrected chi connectivity index (χ3v) is 1.46. The number of nitrogens with one attached hydrogen (secondary N) is 1. The minimum absolute atomic E-state index is 0.0400. The van der Waals surface area contributed by atoms with Gasteiger partial charge in [-0.25, -0.2) is 0 Å². The van der Waals surface area contributed by atoms with Gasteiger partial charge in [0.05, 0.1) is 0 Å². The average molecular weight is 156 g/mol. The molecule has 0 aliphatic rings. The Balaban J connectivity index is 3.51. The second-order valence-corrected chi connectivity index (χ2v) is 3.35. The Labute approximate surface area is 69.4 Å². The van der Waals surface area contributed by atoms with Crippen molar-refractivity contribution in [2.75, 3.05) is 0 Å². The van der Waals surface area contributed by atoms with Gasteiger partial charge < -0.3 is 5.32 Å². The van der Waals surface area contributed by atoms with Gasteiger partial charge in [0, 0.05) is 12.5 Å². The van der Waals surface area contributed by atoms with Crippen molar-refractivity contribution in [2.45, 2.75) is 39.7 Å². The molecule has 0 aliphatic carbocycles. The van der Waals surface area contributed by atoms with Crippen LogP contribution in [0.5, 0.6) is 0 Å². The smallest absolute Gasteiger partial charge is 0.220 e. The van der Waals surface area contributed by atoms with Crippen LogP contribution in [-0.2, 0) is 4.79 Å². The zero-order chi connectivity index (χ0) is 8.85. The van der Waals surface area contributed by atoms with Crippen LogP contribution in [0, 0.1) is 12.8 Å². The van der Waals surface area contributed by atoms with Gasteiger partial charge in [-0.3, -0.25) is 4.79 Å². The van der Waals surface area contributed by atoms with Crippen molar-refractivity contribution in [1.29, 1.82) is 0 Å². The second kappa shape index (κ2) is 5.16. The third-order valence-electron chi connectivity index (χ3n) is 1.46. The summed E-state index contributed by atoms with van der Waals surface area (Å²) >= 11 is 0. The molecule has 0 aromatic rings. The summed E-state index contributed by atoms with van der Waals surface area (Å²) in [7, 11) is 0. The number of carbonyl (C=O) groups excluding carboxylic acids is 1. The Morgan fingerprint density at radius 1 is 1.45 bits per heavy atom. The van der Waals surface area contributed by atoms with E-state index in [0.717, 1.165) is 6.42 Å². The van der Waals surface area contributed by atoms with Gasteiger partial charge in [-0.15, -0.1) is 0 Å². The SMILES string of the molecule is [CH2]CC(=O)NC(C)CC(C)C. The molecule has 0 saturated heterocycles. The molecule has 0 aliphatic heterocycles. The average Bonchev–Trinajstić information content (AvgIpc) is 1.85. The standard InChI is InChI=1S/C9H18NO/c1-5-9(11)10-8(4)6-7(2)3/h7-8H,1,5-6H2,2-4H3,(H,10,11). The topological polar surface area (TPSA) is 29.1 Å². The molecule has 1 atom stereocenters. The Hall–Kier alpha value is -0.530. The maximum atomic E-state index is 10.8. The molecule has 0 fully saturated rings. The summed E-state index contributed by atoms with van der Waals surface area (Å²) in [6.07, 6.45) is 1.37. The van der Waals surface area contributed by atoms with E-state index in [1.165, 1.54) is 0 Å². The van der Waals surface area contributed by atoms with E-state index in [1.807, 2.05) is 6.92 Å². The molecular formula is C9H18NO. The Morgan fingerprint density at radius 2 is 2.00 bits per heavy atom. The molecule has 1 radical (unpaired) electrons. The molecular weight excluding hydrogens is 138 g/mol. The largest absolute Gasteiger partial charge is 0.354 e. The molecule has 1 amide bonds. The van der Waals surface area contributed by atoms with Crippen LogP contribution in [0.15, 0.2) is 0 Å². The number of hydrogen-bond donors (Lipinski definition) is 1. The van der Waals surface area contributed by atoms with E-state index in [1.54, 1.807) is 0 Å². The predicted octanol–water partition coefficient (Wildman–Crippen LogP) is 1.76. The lowest BCUT2D eigenvalue weighted by molar-refractivity contribution is -0.121. The van der Waals surface area contributed by atoms with Crippen molar-refractivity contribution in [3.63, 3.8) is 0 Å². The molecule has 0 aromatic heterocycles. The summed E-state index contributed by atoms with van der Waals surface area (Å²) < 4.78 is 0. The van der Waals surface area contributed by atoms with Crippen LogP contribution in [0.1, 0.15) is 33.6 Å². The van der Waals surface area contributed by atoms with Crippen molar-refractivity contribution >= 4 is 5.91 Å². The van der Waals surface area contributed by atoms with Crippen molar-refractivity contribution in [3.05, 3.63) is 6.92 Å². The van der Waals surface area contributed by atoms with E-state index < -0.39 is 0 Å². The van der Waals surface area contributed by atoms with Crippen LogP contribution in [-0.4, -0.2) is 11.9 Å². The van der Waals surface area contributed by atoms with Crippen LogP contribution < -0.4 is 5.32 Å². The van der Waals surface area contributed by atoms with Crippen LogP contribution in [0.25, 0.3) is 0 Å². The molecule has 0 saturated carbocycles. The van der Waals surface area contributed by atoms with E-state index in [0.29, 0.717) is 12.3 Å². The first-order chi connectivity index (χ1) is 5.06. The Morgan fingerprint density at radius 3 is 2.36 bits per heavy atom. The van der Waals surface area contributed by atoms with E-state index in [2.05, 4.69) is 26.1 Å². The van der Waals surface area contributed by atoms with Crippen LogP contribution in [0.2, 0.25) is 0 Å². The molecule has 2 nitrogen and oxygen atoms in total. The number of hydrogen-bond acceptors (Lipinski definition) is 1. The van der Waals surface area contributed by atoms with Crippen LogP contribution in [0.3, 0.4) is 0 Å². The first kappa shape index (κ1) is 10.5. The zero-order valence-corrected chi connectivity index (χ0v) is 7.68. The molecule has 2 heteroatoms. The molecule has 1 unspecified atom stereocenters. The molecule has 0 heterocycles. The number of carbonyl (C=O) groups is 1. The summed E-state index contributed by atoms with van der Waals surface area (Å²) in [5.74, 6) is 0.674. The maximum absolute atomic E-state index is 10.8. The highest BCUT2D eigenvalue weighted by Crippen LogP contribution is 2.03. The normalized spacial score (nSPS) is 13.2. The monoisotopic (exact) mass is 156 g/mol. The van der Waals surface area contributed by atoms with Crippen molar-refractivity contribution in [2.24, 2.45) is 5.92 Å². The summed E-state index contributed by atoms with van der Waals surface area (Å²) in [5.41, 5.74) is 0. The van der Waals surface area contributed by atoms with Gasteiger partial charge in [-0.2, -0.15) is 0 Å². The fourth-order valence-electron chi connectivity index (χ4n) is 1.11. The highest BCUT2D eigenvalue weighted by molar-refractivity contribution is 5.76. The minimum Gasteiger partial charge on any atom is -0.354 e. The molecule has 0 aromatic carbocycles. The Kier molecular flexibility index (Phi) is 4.92. The molecule has 0 spiro atoms. The number of amides is 1. The maximum Gasteiger partial charge on any atom is 0.220 e. The highest BCUT2D eigenvalue weighted by Gasteiger charge is 2.06. The number of rotatable bonds is 4. The van der Waals surface area contributed by atoms with Crippen molar-refractivity contribution < 1.29 is 4.79 Å². The van der Waals surface area contributed by atoms with Gasteiger partial charge in [-0.1, -0.05) is 13.8 Å². The van der Waals surface area contributed by atoms with Gasteiger partial charge in [0.1, 0.15) is 0 Å². The molecule has 0 rings (SSSR count). The molecule has 11 heavy (non-hydrogen) atoms. The lowest BCUT2D eigenvalue weighted by atomic mass is 10.1. The van der Waals surface area contributed by atoms with E-state index in [-0.39, 0.29) is 11.9 Å². The fraction of sp³-hybridized carbons (Fsp3) is 0.778. The van der Waals surface area contributed by atoms with Gasteiger partial charge in [0.15, 0.2) is 0 Å². The second-order valence-electron chi connectivity index (χ2n) is 3.35. The van der Waals surface area contributed by atoms with E-state index in [9.17, 15) is 4.79 Å². The predicted molar refractivity (Wildman–Crippen MR) is 47.0 cm³/mol. The molecule has 1 N–H and O–H groups in total. The lowest BCUT2D eigenvalue weighted by Crippen LogP contribution is -2.32. The van der Waals surface area contributed by atoms with Gasteiger partial charge >= 0.3 is 0 Å². The minimum atomic E-state index is 0.0400. The van der Waals surface area contributed by atoms with Crippen LogP contribution >= 0.6 is 0 Å². The van der Waals surface area contributed by atoms with E-state index >= 15 is 0 Å². The van der Waals surface area contributed by atoms with Crippen LogP contribution in [0.4, 0.5) is 0 Å². The Bertz CT molecular complexity index is 121. The van der Waals surface area contributed by atoms with Gasteiger partial charge in [-0.05, 0) is 26.2 Å². The van der Waals surface area contributed by atoms with Gasteiger partial charge in [0.25, 0.3) is 0 Å². The van der Waals surface area contributed by atoms with Crippen molar-refractivity contribution in [3.8, 4) is 0 Å². The third kappa shape index (κ3) is 5.89. The summed E-state index contributed by atoms with van der Waals surface area (Å²) in [6, 6.07) is 0.282. The van der Waals surface area contributed by atoms with Crippen molar-refractivity contribution in [1.82, 2.24) is 5.32 Å². The summed E-state index contributed by atoms with van der Waals surface area (Å²) in [4.78, 5) is 10.8. The lowest BCUT2D eigenvalue weighted by Gasteiger charge is -2.14. The summed E-state index contributed by atoms with van der Waals surface area (Å²) in [5, 5.41) is 2.86. The quantitative estimate of drug-likeness (QED) is 0.660. The van der Waals surface area contributed by atoms with Gasteiger partial charge in [0.2, 0.25) is 5.91 Å². The van der Waals surface area contributed by atoms with E-state index in [4.69, 9.17) is 0 Å². The first-order valence-electron chi connectivity index (χ1n) is 4.14. The zero-order valence-electron chi connectivity index (χ0n) is 7.68. The highest BCUT2D eigenvalue weighted by atomic mass is 16.1. The molecule has 65 valence electrons.